The van der Waals surface area contributed by atoms with Crippen LogP contribution in [-0.4, -0.2) is 34.2 Å². The van der Waals surface area contributed by atoms with E-state index in [1.54, 1.807) is 30.6 Å². The monoisotopic (exact) mass is 342 g/mol. The molecule has 0 unspecified atom stereocenters. The molecule has 8 heteroatoms. The van der Waals surface area contributed by atoms with Crippen LogP contribution in [0.2, 0.25) is 0 Å². The highest BCUT2D eigenvalue weighted by atomic mass is 32.2. The fraction of sp³-hybridized carbons (Fsp3) is 0.188. The van der Waals surface area contributed by atoms with Gasteiger partial charge in [-0.2, -0.15) is 0 Å². The normalized spacial score (nSPS) is 15.4. The molecule has 1 aliphatic heterocycles. The number of hydrogen-bond acceptors (Lipinski definition) is 7. The van der Waals surface area contributed by atoms with Gasteiger partial charge in [0.15, 0.2) is 9.84 Å². The molecule has 2 N–H and O–H groups in total. The summed E-state index contributed by atoms with van der Waals surface area (Å²) < 4.78 is 24.3. The summed E-state index contributed by atoms with van der Waals surface area (Å²) in [7, 11) is -3.23. The van der Waals surface area contributed by atoms with Crippen molar-refractivity contribution in [3.8, 4) is 0 Å². The van der Waals surface area contributed by atoms with Crippen LogP contribution in [-0.2, 0) is 22.9 Å². The van der Waals surface area contributed by atoms with Gasteiger partial charge in [0.2, 0.25) is 0 Å². The van der Waals surface area contributed by atoms with Crippen molar-refractivity contribution in [1.82, 2.24) is 15.0 Å². The summed E-state index contributed by atoms with van der Waals surface area (Å²) in [5.41, 5.74) is 2.78. The number of hydrogen-bond donors (Lipinski definition) is 2. The molecule has 122 valence electrons. The fourth-order valence-electron chi connectivity index (χ4n) is 2.96. The number of benzene rings is 1. The summed E-state index contributed by atoms with van der Waals surface area (Å²) in [5.74, 6) is 0.642. The van der Waals surface area contributed by atoms with E-state index >= 15 is 0 Å². The second kappa shape index (κ2) is 5.50. The minimum Gasteiger partial charge on any atom is -0.392 e. The first-order chi connectivity index (χ1) is 11.6. The first-order valence-corrected chi connectivity index (χ1v) is 9.05. The van der Waals surface area contributed by atoms with Crippen LogP contribution in [0.25, 0.3) is 10.9 Å². The molecule has 3 aromatic rings. The molecule has 0 radical (unpaired) electrons. The standard InChI is InChI=1S/C16H14N4O3S/c21-8-10-5-11(7-17-6-10)20-16-15-12-3-4-24(22,23)14(12)2-1-13(15)18-9-19-16/h1-2,5-7,9,21H,3-4,8H2,(H,18,19,20). The largest absolute Gasteiger partial charge is 0.392 e. The zero-order valence-electron chi connectivity index (χ0n) is 12.6. The summed E-state index contributed by atoms with van der Waals surface area (Å²) in [5, 5.41) is 13.1. The van der Waals surface area contributed by atoms with Crippen LogP contribution in [0.5, 0.6) is 0 Å². The van der Waals surface area contributed by atoms with Gasteiger partial charge in [-0.25, -0.2) is 18.4 Å². The van der Waals surface area contributed by atoms with Crippen LogP contribution in [0.1, 0.15) is 11.1 Å². The van der Waals surface area contributed by atoms with E-state index in [-0.39, 0.29) is 12.4 Å². The SMILES string of the molecule is O=S1(=O)CCc2c1ccc1ncnc(Nc3cncc(CO)c3)c21. The Hall–Kier alpha value is -2.58. The Kier molecular flexibility index (Phi) is 3.43. The smallest absolute Gasteiger partial charge is 0.179 e. The van der Waals surface area contributed by atoms with Gasteiger partial charge in [0.25, 0.3) is 0 Å². The first-order valence-electron chi connectivity index (χ1n) is 7.39. The number of aliphatic hydroxyl groups excluding tert-OH is 1. The Morgan fingerprint density at radius 1 is 1.21 bits per heavy atom. The molecule has 0 amide bonds. The Labute approximate surface area is 138 Å². The maximum absolute atomic E-state index is 12.2. The van der Waals surface area contributed by atoms with Gasteiger partial charge >= 0.3 is 0 Å². The van der Waals surface area contributed by atoms with Crippen LogP contribution < -0.4 is 5.32 Å². The molecule has 0 saturated carbocycles. The van der Waals surface area contributed by atoms with Gasteiger partial charge in [-0.15, -0.1) is 0 Å². The Morgan fingerprint density at radius 3 is 2.92 bits per heavy atom. The summed E-state index contributed by atoms with van der Waals surface area (Å²) in [6.07, 6.45) is 5.08. The predicted octanol–water partition coefficient (Wildman–Crippen LogP) is 1.59. The quantitative estimate of drug-likeness (QED) is 0.744. The van der Waals surface area contributed by atoms with Crippen molar-refractivity contribution in [2.24, 2.45) is 0 Å². The number of anilines is 2. The first kappa shape index (κ1) is 15.0. The molecule has 4 rings (SSSR count). The molecule has 1 aromatic carbocycles. The van der Waals surface area contributed by atoms with Crippen LogP contribution in [0.15, 0.2) is 41.8 Å². The van der Waals surface area contributed by atoms with Crippen LogP contribution in [0.4, 0.5) is 11.5 Å². The van der Waals surface area contributed by atoms with Gasteiger partial charge in [-0.05, 0) is 35.7 Å². The third-order valence-electron chi connectivity index (χ3n) is 4.06. The lowest BCUT2D eigenvalue weighted by Gasteiger charge is -2.11. The lowest BCUT2D eigenvalue weighted by Crippen LogP contribution is -2.00. The Morgan fingerprint density at radius 2 is 2.08 bits per heavy atom. The van der Waals surface area contributed by atoms with Crippen molar-refractivity contribution in [1.29, 1.82) is 0 Å². The minimum absolute atomic E-state index is 0.108. The molecule has 7 nitrogen and oxygen atoms in total. The van der Waals surface area contributed by atoms with E-state index in [4.69, 9.17) is 0 Å². The molecule has 1 aliphatic rings. The van der Waals surface area contributed by atoms with E-state index in [0.29, 0.717) is 39.3 Å². The topological polar surface area (TPSA) is 105 Å². The number of nitrogens with zero attached hydrogens (tertiary/aromatic N) is 3. The highest BCUT2D eigenvalue weighted by Crippen LogP contribution is 2.35. The average Bonchev–Trinajstić information content (AvgIpc) is 2.90. The number of fused-ring (bicyclic) bond motifs is 3. The maximum Gasteiger partial charge on any atom is 0.179 e. The van der Waals surface area contributed by atoms with Crippen LogP contribution in [0.3, 0.4) is 0 Å². The number of pyridine rings is 1. The van der Waals surface area contributed by atoms with Crippen molar-refractivity contribution in [3.63, 3.8) is 0 Å². The van der Waals surface area contributed by atoms with Crippen molar-refractivity contribution >= 4 is 32.2 Å². The lowest BCUT2D eigenvalue weighted by atomic mass is 10.1. The molecule has 24 heavy (non-hydrogen) atoms. The summed E-state index contributed by atoms with van der Waals surface area (Å²) in [6, 6.07) is 5.08. The second-order valence-corrected chi connectivity index (χ2v) is 7.67. The summed E-state index contributed by atoms with van der Waals surface area (Å²) >= 11 is 0. The predicted molar refractivity (Wildman–Crippen MR) is 88.7 cm³/mol. The summed E-state index contributed by atoms with van der Waals surface area (Å²) in [6.45, 7) is -0.110. The third-order valence-corrected chi connectivity index (χ3v) is 5.86. The number of nitrogens with one attached hydrogen (secondary N) is 1. The van der Waals surface area contributed by atoms with Gasteiger partial charge in [0.05, 0.1) is 34.7 Å². The van der Waals surface area contributed by atoms with E-state index < -0.39 is 9.84 Å². The fourth-order valence-corrected chi connectivity index (χ4v) is 4.51. The molecular formula is C16H14N4O3S. The highest BCUT2D eigenvalue weighted by molar-refractivity contribution is 7.91. The number of aromatic nitrogens is 3. The molecule has 3 heterocycles. The molecule has 0 spiro atoms. The number of rotatable bonds is 3. The molecule has 2 aromatic heterocycles. The van der Waals surface area contributed by atoms with E-state index in [0.717, 1.165) is 5.56 Å². The van der Waals surface area contributed by atoms with Crippen molar-refractivity contribution in [2.75, 3.05) is 11.1 Å². The molecule has 0 atom stereocenters. The number of aliphatic hydroxyl groups is 1. The van der Waals surface area contributed by atoms with Gasteiger partial charge in [-0.3, -0.25) is 4.98 Å². The van der Waals surface area contributed by atoms with Crippen LogP contribution >= 0.6 is 0 Å². The number of aryl methyl sites for hydroxylation is 1. The average molecular weight is 342 g/mol. The lowest BCUT2D eigenvalue weighted by molar-refractivity contribution is 0.281. The molecule has 0 fully saturated rings. The highest BCUT2D eigenvalue weighted by Gasteiger charge is 2.29. The maximum atomic E-state index is 12.2. The van der Waals surface area contributed by atoms with E-state index in [1.807, 2.05) is 0 Å². The minimum atomic E-state index is -3.23. The van der Waals surface area contributed by atoms with Crippen molar-refractivity contribution in [3.05, 3.63) is 48.0 Å². The number of sulfone groups is 1. The third kappa shape index (κ3) is 2.40. The van der Waals surface area contributed by atoms with E-state index in [2.05, 4.69) is 20.3 Å². The Bertz CT molecular complexity index is 1050. The van der Waals surface area contributed by atoms with E-state index in [1.165, 1.54) is 6.33 Å². The van der Waals surface area contributed by atoms with Crippen molar-refractivity contribution in [2.45, 2.75) is 17.9 Å². The van der Waals surface area contributed by atoms with Gasteiger partial charge < -0.3 is 10.4 Å². The summed E-state index contributed by atoms with van der Waals surface area (Å²) in [4.78, 5) is 12.9. The zero-order chi connectivity index (χ0) is 16.7. The molecule has 0 saturated heterocycles. The van der Waals surface area contributed by atoms with Gasteiger partial charge in [-0.1, -0.05) is 0 Å². The molecule has 0 aliphatic carbocycles. The van der Waals surface area contributed by atoms with Gasteiger partial charge in [0, 0.05) is 11.6 Å². The molecule has 0 bridgehead atoms. The zero-order valence-corrected chi connectivity index (χ0v) is 13.4. The Balaban J connectivity index is 1.88. The van der Waals surface area contributed by atoms with Crippen molar-refractivity contribution < 1.29 is 13.5 Å². The van der Waals surface area contributed by atoms with Gasteiger partial charge in [0.1, 0.15) is 12.1 Å². The van der Waals surface area contributed by atoms with E-state index in [9.17, 15) is 13.5 Å². The second-order valence-electron chi connectivity index (χ2n) is 5.59. The molecular weight excluding hydrogens is 328 g/mol. The van der Waals surface area contributed by atoms with Crippen LogP contribution in [0, 0.1) is 0 Å².